The summed E-state index contributed by atoms with van der Waals surface area (Å²) in [5.74, 6) is 0.284. The van der Waals surface area contributed by atoms with E-state index in [1.165, 1.54) is 6.20 Å². The van der Waals surface area contributed by atoms with Crippen molar-refractivity contribution < 1.29 is 9.21 Å². The number of nitrogens with zero attached hydrogens (tertiary/aromatic N) is 7. The van der Waals surface area contributed by atoms with E-state index in [0.717, 1.165) is 28.2 Å². The maximum Gasteiger partial charge on any atom is 0.292 e. The molecular formula is C22H20N8O2. The normalized spacial score (nSPS) is 15.9. The van der Waals surface area contributed by atoms with Crippen LogP contribution in [0.3, 0.4) is 0 Å². The molecule has 5 aromatic rings. The van der Waals surface area contributed by atoms with Crippen molar-refractivity contribution in [2.24, 2.45) is 7.05 Å². The number of aromatic amines is 1. The van der Waals surface area contributed by atoms with Gasteiger partial charge in [-0.3, -0.25) is 9.48 Å². The van der Waals surface area contributed by atoms with E-state index in [-0.39, 0.29) is 11.7 Å². The minimum Gasteiger partial charge on any atom is -0.431 e. The summed E-state index contributed by atoms with van der Waals surface area (Å²) in [7, 11) is 1.81. The van der Waals surface area contributed by atoms with Gasteiger partial charge in [-0.25, -0.2) is 14.5 Å². The fourth-order valence-corrected chi connectivity index (χ4v) is 4.28. The molecule has 1 aliphatic rings. The number of aromatic nitrogens is 7. The molecule has 1 atom stereocenters. The van der Waals surface area contributed by atoms with Gasteiger partial charge >= 0.3 is 0 Å². The first kappa shape index (κ1) is 18.6. The summed E-state index contributed by atoms with van der Waals surface area (Å²) in [4.78, 5) is 27.3. The number of fused-ring (bicyclic) bond motifs is 2. The molecule has 0 saturated carbocycles. The Balaban J connectivity index is 1.41. The zero-order valence-corrected chi connectivity index (χ0v) is 17.6. The summed E-state index contributed by atoms with van der Waals surface area (Å²) >= 11 is 0. The molecular weight excluding hydrogens is 408 g/mol. The van der Waals surface area contributed by atoms with Gasteiger partial charge in [-0.1, -0.05) is 6.07 Å². The third-order valence-corrected chi connectivity index (χ3v) is 5.87. The minimum atomic E-state index is -0.427. The molecule has 1 amide bonds. The third kappa shape index (κ3) is 2.83. The Kier molecular flexibility index (Phi) is 4.00. The highest BCUT2D eigenvalue weighted by Gasteiger charge is 2.37. The Labute approximate surface area is 182 Å². The summed E-state index contributed by atoms with van der Waals surface area (Å²) in [6.45, 7) is 2.55. The number of H-pyrrole nitrogens is 1. The second-order valence-electron chi connectivity index (χ2n) is 7.94. The Bertz CT molecular complexity index is 1460. The Morgan fingerprint density at radius 2 is 2.19 bits per heavy atom. The van der Waals surface area contributed by atoms with Crippen LogP contribution >= 0.6 is 0 Å². The largest absolute Gasteiger partial charge is 0.431 e. The predicted molar refractivity (Wildman–Crippen MR) is 114 cm³/mol. The van der Waals surface area contributed by atoms with Gasteiger partial charge in [-0.2, -0.15) is 10.2 Å². The van der Waals surface area contributed by atoms with E-state index in [1.54, 1.807) is 28.3 Å². The minimum absolute atomic E-state index is 0.174. The number of aryl methyl sites for hydroxylation is 2. The first-order valence-corrected chi connectivity index (χ1v) is 10.3. The molecule has 1 N–H and O–H groups in total. The van der Waals surface area contributed by atoms with Crippen LogP contribution in [-0.2, 0) is 13.5 Å². The number of hydrogen-bond donors (Lipinski definition) is 1. The number of imidazole rings is 1. The molecule has 0 saturated heterocycles. The van der Waals surface area contributed by atoms with E-state index in [1.807, 2.05) is 42.9 Å². The van der Waals surface area contributed by atoms with Crippen LogP contribution in [0, 0.1) is 6.92 Å². The molecule has 1 aliphatic heterocycles. The van der Waals surface area contributed by atoms with Crippen LogP contribution in [-0.4, -0.2) is 51.7 Å². The summed E-state index contributed by atoms with van der Waals surface area (Å²) in [5, 5.41) is 8.90. The highest BCUT2D eigenvalue weighted by atomic mass is 16.4. The number of carbonyl (C=O) groups is 1. The van der Waals surface area contributed by atoms with Crippen molar-refractivity contribution in [3.8, 4) is 11.5 Å². The molecule has 0 bridgehead atoms. The second-order valence-corrected chi connectivity index (χ2v) is 7.94. The van der Waals surface area contributed by atoms with Crippen LogP contribution in [0.1, 0.15) is 39.2 Å². The zero-order chi connectivity index (χ0) is 21.8. The molecule has 0 aromatic carbocycles. The van der Waals surface area contributed by atoms with E-state index in [9.17, 15) is 4.79 Å². The van der Waals surface area contributed by atoms with Crippen LogP contribution in [0.5, 0.6) is 0 Å². The molecule has 160 valence electrons. The average Bonchev–Trinajstić information content (AvgIpc) is 3.57. The second kappa shape index (κ2) is 6.91. The van der Waals surface area contributed by atoms with Gasteiger partial charge in [0.05, 0.1) is 41.2 Å². The van der Waals surface area contributed by atoms with Gasteiger partial charge in [0.15, 0.2) is 0 Å². The molecule has 6 heterocycles. The van der Waals surface area contributed by atoms with Gasteiger partial charge in [-0.15, -0.1) is 0 Å². The fourth-order valence-electron chi connectivity index (χ4n) is 4.28. The predicted octanol–water partition coefficient (Wildman–Crippen LogP) is 2.54. The Morgan fingerprint density at radius 1 is 1.28 bits per heavy atom. The zero-order valence-electron chi connectivity index (χ0n) is 17.6. The van der Waals surface area contributed by atoms with Crippen LogP contribution in [0.25, 0.3) is 17.0 Å². The number of pyridine rings is 1. The smallest absolute Gasteiger partial charge is 0.292 e. The molecule has 0 unspecified atom stereocenters. The number of carbonyl (C=O) groups excluding carboxylic acids is 1. The lowest BCUT2D eigenvalue weighted by Crippen LogP contribution is -2.40. The number of amides is 1. The first-order valence-electron chi connectivity index (χ1n) is 10.3. The summed E-state index contributed by atoms with van der Waals surface area (Å²) < 4.78 is 9.32. The quantitative estimate of drug-likeness (QED) is 0.473. The van der Waals surface area contributed by atoms with E-state index >= 15 is 0 Å². The maximum absolute atomic E-state index is 13.5. The van der Waals surface area contributed by atoms with Gasteiger partial charge in [0.2, 0.25) is 11.7 Å². The lowest BCUT2D eigenvalue weighted by atomic mass is 9.99. The molecule has 0 aliphatic carbocycles. The van der Waals surface area contributed by atoms with Gasteiger partial charge < -0.3 is 14.3 Å². The molecule has 0 radical (unpaired) electrons. The number of hydrogen-bond acceptors (Lipinski definition) is 6. The van der Waals surface area contributed by atoms with Crippen molar-refractivity contribution in [1.29, 1.82) is 0 Å². The first-order chi connectivity index (χ1) is 15.6. The molecule has 0 spiro atoms. The molecule has 6 rings (SSSR count). The summed E-state index contributed by atoms with van der Waals surface area (Å²) in [5.41, 5.74) is 5.40. The van der Waals surface area contributed by atoms with E-state index < -0.39 is 6.04 Å². The van der Waals surface area contributed by atoms with Gasteiger partial charge in [0.25, 0.3) is 5.91 Å². The maximum atomic E-state index is 13.5. The number of oxazole rings is 1. The molecule has 10 heteroatoms. The Hall–Kier alpha value is -4.21. The summed E-state index contributed by atoms with van der Waals surface area (Å²) in [6, 6.07) is 5.59. The molecule has 5 aromatic heterocycles. The third-order valence-electron chi connectivity index (χ3n) is 5.87. The Morgan fingerprint density at radius 3 is 3.00 bits per heavy atom. The van der Waals surface area contributed by atoms with Gasteiger partial charge in [0, 0.05) is 38.1 Å². The molecule has 10 nitrogen and oxygen atoms in total. The number of rotatable bonds is 3. The van der Waals surface area contributed by atoms with E-state index in [2.05, 4.69) is 20.1 Å². The fraction of sp³-hybridized carbons (Fsp3) is 0.227. The van der Waals surface area contributed by atoms with Gasteiger partial charge in [0.1, 0.15) is 6.04 Å². The van der Waals surface area contributed by atoms with Gasteiger partial charge in [-0.05, 0) is 24.6 Å². The highest BCUT2D eigenvalue weighted by molar-refractivity contribution is 5.92. The average molecular weight is 428 g/mol. The van der Waals surface area contributed by atoms with Crippen molar-refractivity contribution in [3.05, 3.63) is 77.7 Å². The van der Waals surface area contributed by atoms with E-state index in [0.29, 0.717) is 24.4 Å². The van der Waals surface area contributed by atoms with Crippen molar-refractivity contribution in [2.45, 2.75) is 19.4 Å². The van der Waals surface area contributed by atoms with E-state index in [4.69, 9.17) is 9.52 Å². The van der Waals surface area contributed by atoms with Crippen molar-refractivity contribution >= 4 is 11.4 Å². The van der Waals surface area contributed by atoms with Crippen LogP contribution < -0.4 is 0 Å². The highest BCUT2D eigenvalue weighted by Crippen LogP contribution is 2.35. The SMILES string of the molecule is Cc1cccn2nc([C@H]3c4nc[nH]c4CCN3C(=O)c3cnc(-c4cnn(C)c4)o3)cc12. The summed E-state index contributed by atoms with van der Waals surface area (Å²) in [6.07, 6.45) is 9.16. The lowest BCUT2D eigenvalue weighted by molar-refractivity contribution is 0.0655. The standard InChI is InChI=1S/C22H20N8O2/c1-13-4-3-6-30-17(13)8-16(27-30)20-19-15(24-12-25-19)5-7-29(20)22(31)18-10-23-21(32-18)14-9-26-28(2)11-14/h3-4,6,8-12,20H,5,7H2,1-2H3,(H,24,25)/t20-/m0/s1. The lowest BCUT2D eigenvalue weighted by Gasteiger charge is -2.33. The van der Waals surface area contributed by atoms with Crippen LogP contribution in [0.4, 0.5) is 0 Å². The number of nitrogens with one attached hydrogen (secondary N) is 1. The molecule has 32 heavy (non-hydrogen) atoms. The van der Waals surface area contributed by atoms with Crippen LogP contribution in [0.2, 0.25) is 0 Å². The van der Waals surface area contributed by atoms with Crippen molar-refractivity contribution in [3.63, 3.8) is 0 Å². The monoisotopic (exact) mass is 428 g/mol. The topological polar surface area (TPSA) is 110 Å². The van der Waals surface area contributed by atoms with Crippen LogP contribution in [0.15, 0.2) is 53.7 Å². The van der Waals surface area contributed by atoms with Crippen molar-refractivity contribution in [1.82, 2.24) is 39.2 Å². The molecule has 0 fully saturated rings. The van der Waals surface area contributed by atoms with Crippen molar-refractivity contribution in [2.75, 3.05) is 6.54 Å².